The summed E-state index contributed by atoms with van der Waals surface area (Å²) in [6.07, 6.45) is 5.55. The average Bonchev–Trinajstić information content (AvgIpc) is 2.00. The van der Waals surface area contributed by atoms with E-state index in [9.17, 15) is 0 Å². The van der Waals surface area contributed by atoms with Gasteiger partial charge in [-0.25, -0.2) is 0 Å². The summed E-state index contributed by atoms with van der Waals surface area (Å²) in [5, 5.41) is 3.37. The Bertz CT molecular complexity index is 114. The van der Waals surface area contributed by atoms with Crippen LogP contribution < -0.4 is 5.32 Å². The Labute approximate surface area is 90.7 Å². The van der Waals surface area contributed by atoms with E-state index >= 15 is 0 Å². The lowest BCUT2D eigenvalue weighted by Crippen LogP contribution is -2.53. The molecule has 0 atom stereocenters. The largest absolute Gasteiger partial charge is 0.316 e. The number of rotatable bonds is 4. The molecule has 14 heavy (non-hydrogen) atoms. The van der Waals surface area contributed by atoms with Crippen molar-refractivity contribution < 1.29 is 0 Å². The smallest absolute Gasteiger partial charge is 0.00202 e. The maximum atomic E-state index is 3.37. The quantitative estimate of drug-likeness (QED) is 0.725. The maximum absolute atomic E-state index is 3.37. The Hall–Kier alpha value is -0.0400. The van der Waals surface area contributed by atoms with Crippen LogP contribution in [-0.4, -0.2) is 13.1 Å². The molecular formula is C13H29N. The van der Waals surface area contributed by atoms with Gasteiger partial charge >= 0.3 is 0 Å². The van der Waals surface area contributed by atoms with Crippen LogP contribution in [0.2, 0.25) is 0 Å². The zero-order valence-corrected chi connectivity index (χ0v) is 10.8. The summed E-state index contributed by atoms with van der Waals surface area (Å²) in [4.78, 5) is 0. The highest BCUT2D eigenvalue weighted by molar-refractivity contribution is 4.91. The second-order valence-corrected chi connectivity index (χ2v) is 5.34. The second-order valence-electron chi connectivity index (χ2n) is 5.34. The summed E-state index contributed by atoms with van der Waals surface area (Å²) >= 11 is 0. The zero-order valence-electron chi connectivity index (χ0n) is 10.8. The van der Waals surface area contributed by atoms with Gasteiger partial charge in [0.15, 0.2) is 0 Å². The first-order valence-corrected chi connectivity index (χ1v) is 6.27. The van der Waals surface area contributed by atoms with Gasteiger partial charge in [-0.2, -0.15) is 0 Å². The lowest BCUT2D eigenvalue weighted by molar-refractivity contribution is 0.135. The fourth-order valence-electron chi connectivity index (χ4n) is 2.02. The van der Waals surface area contributed by atoms with Crippen LogP contribution in [0, 0.1) is 11.3 Å². The Morgan fingerprint density at radius 2 is 1.36 bits per heavy atom. The molecule has 1 rings (SSSR count). The van der Waals surface area contributed by atoms with Crippen LogP contribution in [-0.2, 0) is 0 Å². The molecule has 0 aromatic heterocycles. The Balaban J connectivity index is 0.000000364. The molecule has 1 nitrogen and oxygen atoms in total. The highest BCUT2D eigenvalue weighted by atomic mass is 15.0. The van der Waals surface area contributed by atoms with E-state index < -0.39 is 0 Å². The maximum Gasteiger partial charge on any atom is 0.00202 e. The minimum absolute atomic E-state index is 0.712. The summed E-state index contributed by atoms with van der Waals surface area (Å²) in [6.45, 7) is 13.6. The molecule has 1 fully saturated rings. The third kappa shape index (κ3) is 5.64. The molecule has 0 amide bonds. The third-order valence-corrected chi connectivity index (χ3v) is 2.56. The topological polar surface area (TPSA) is 12.0 Å². The highest BCUT2D eigenvalue weighted by Gasteiger charge is 2.34. The minimum atomic E-state index is 0.712. The average molecular weight is 199 g/mol. The number of hydrogen-bond donors (Lipinski definition) is 1. The van der Waals surface area contributed by atoms with Crippen LogP contribution in [0.5, 0.6) is 0 Å². The van der Waals surface area contributed by atoms with Gasteiger partial charge in [0, 0.05) is 13.1 Å². The van der Waals surface area contributed by atoms with Gasteiger partial charge in [0.25, 0.3) is 0 Å². The fourth-order valence-corrected chi connectivity index (χ4v) is 2.02. The summed E-state index contributed by atoms with van der Waals surface area (Å²) in [6, 6.07) is 0. The van der Waals surface area contributed by atoms with E-state index in [4.69, 9.17) is 0 Å². The molecule has 1 heteroatoms. The molecule has 1 aliphatic heterocycles. The van der Waals surface area contributed by atoms with Crippen molar-refractivity contribution >= 4 is 0 Å². The van der Waals surface area contributed by atoms with E-state index in [1.807, 2.05) is 0 Å². The first-order chi connectivity index (χ1) is 6.56. The molecule has 1 aliphatic rings. The van der Waals surface area contributed by atoms with Gasteiger partial charge in [-0.05, 0) is 24.2 Å². The molecule has 0 unspecified atom stereocenters. The minimum Gasteiger partial charge on any atom is -0.316 e. The van der Waals surface area contributed by atoms with Crippen LogP contribution in [0.3, 0.4) is 0 Å². The summed E-state index contributed by atoms with van der Waals surface area (Å²) in [5.41, 5.74) is 0.712. The van der Waals surface area contributed by atoms with Crippen molar-refractivity contribution in [1.82, 2.24) is 5.32 Å². The van der Waals surface area contributed by atoms with E-state index in [0.717, 1.165) is 5.92 Å². The summed E-state index contributed by atoms with van der Waals surface area (Å²) in [7, 11) is 0. The monoisotopic (exact) mass is 199 g/mol. The number of hydrogen-bond acceptors (Lipinski definition) is 1. The normalized spacial score (nSPS) is 18.4. The SMILES string of the molecule is CC(C)C.CCCC1(CCC)CNC1. The molecule has 0 aromatic carbocycles. The van der Waals surface area contributed by atoms with Gasteiger partial charge in [0.2, 0.25) is 0 Å². The van der Waals surface area contributed by atoms with Crippen molar-refractivity contribution in [3.05, 3.63) is 0 Å². The van der Waals surface area contributed by atoms with Crippen LogP contribution in [0.1, 0.15) is 60.3 Å². The van der Waals surface area contributed by atoms with Crippen molar-refractivity contribution in [2.45, 2.75) is 60.3 Å². The van der Waals surface area contributed by atoms with Crippen molar-refractivity contribution in [1.29, 1.82) is 0 Å². The highest BCUT2D eigenvalue weighted by Crippen LogP contribution is 2.33. The lowest BCUT2D eigenvalue weighted by atomic mass is 9.74. The molecule has 1 N–H and O–H groups in total. The van der Waals surface area contributed by atoms with Gasteiger partial charge in [-0.1, -0.05) is 47.5 Å². The van der Waals surface area contributed by atoms with Gasteiger partial charge < -0.3 is 5.32 Å². The van der Waals surface area contributed by atoms with Crippen LogP contribution in [0.25, 0.3) is 0 Å². The van der Waals surface area contributed by atoms with Crippen molar-refractivity contribution in [3.63, 3.8) is 0 Å². The lowest BCUT2D eigenvalue weighted by Gasteiger charge is -2.42. The third-order valence-electron chi connectivity index (χ3n) is 2.56. The summed E-state index contributed by atoms with van der Waals surface area (Å²) < 4.78 is 0. The molecule has 0 aliphatic carbocycles. The predicted octanol–water partition coefficient (Wildman–Crippen LogP) is 3.84. The summed E-state index contributed by atoms with van der Waals surface area (Å²) in [5.74, 6) is 0.833. The van der Waals surface area contributed by atoms with Crippen LogP contribution in [0.4, 0.5) is 0 Å². The van der Waals surface area contributed by atoms with E-state index in [1.165, 1.54) is 38.8 Å². The predicted molar refractivity (Wildman–Crippen MR) is 65.6 cm³/mol. The van der Waals surface area contributed by atoms with Gasteiger partial charge in [-0.3, -0.25) is 0 Å². The van der Waals surface area contributed by atoms with E-state index in [2.05, 4.69) is 39.9 Å². The van der Waals surface area contributed by atoms with Crippen LogP contribution >= 0.6 is 0 Å². The van der Waals surface area contributed by atoms with E-state index in [-0.39, 0.29) is 0 Å². The van der Waals surface area contributed by atoms with E-state index in [0.29, 0.717) is 5.41 Å². The molecule has 0 radical (unpaired) electrons. The Kier molecular flexibility index (Phi) is 7.26. The second kappa shape index (κ2) is 7.28. The first kappa shape index (κ1) is 14.0. The molecule has 1 heterocycles. The molecular weight excluding hydrogens is 170 g/mol. The van der Waals surface area contributed by atoms with Gasteiger partial charge in [0.1, 0.15) is 0 Å². The Morgan fingerprint density at radius 1 is 1.00 bits per heavy atom. The number of nitrogens with one attached hydrogen (secondary N) is 1. The van der Waals surface area contributed by atoms with Crippen LogP contribution in [0.15, 0.2) is 0 Å². The van der Waals surface area contributed by atoms with Crippen molar-refractivity contribution in [3.8, 4) is 0 Å². The molecule has 0 saturated carbocycles. The molecule has 1 saturated heterocycles. The van der Waals surface area contributed by atoms with Gasteiger partial charge in [-0.15, -0.1) is 0 Å². The molecule has 86 valence electrons. The van der Waals surface area contributed by atoms with Crippen molar-refractivity contribution in [2.24, 2.45) is 11.3 Å². The fraction of sp³-hybridized carbons (Fsp3) is 1.00. The van der Waals surface area contributed by atoms with Crippen molar-refractivity contribution in [2.75, 3.05) is 13.1 Å². The zero-order chi connectivity index (χ0) is 11.0. The van der Waals surface area contributed by atoms with Gasteiger partial charge in [0.05, 0.1) is 0 Å². The molecule has 0 spiro atoms. The molecule has 0 bridgehead atoms. The standard InChI is InChI=1S/C9H19N.C4H10/c1-3-5-9(6-4-2)7-10-8-9;1-4(2)3/h10H,3-8H2,1-2H3;4H,1-3H3. The Morgan fingerprint density at radius 3 is 1.50 bits per heavy atom. The molecule has 0 aromatic rings. The first-order valence-electron chi connectivity index (χ1n) is 6.27. The van der Waals surface area contributed by atoms with E-state index in [1.54, 1.807) is 0 Å².